The monoisotopic (exact) mass is 468 g/mol. The first-order chi connectivity index (χ1) is 15.5. The van der Waals surface area contributed by atoms with Crippen LogP contribution in [0.4, 0.5) is 5.69 Å². The van der Waals surface area contributed by atoms with Crippen LogP contribution in [0.5, 0.6) is 0 Å². The molecule has 1 aliphatic carbocycles. The number of halogens is 2. The van der Waals surface area contributed by atoms with Crippen molar-refractivity contribution in [2.45, 2.75) is 31.8 Å². The minimum atomic E-state index is -0.262. The Hall–Kier alpha value is -3.23. The number of benzene rings is 2. The van der Waals surface area contributed by atoms with Gasteiger partial charge < -0.3 is 5.32 Å². The maximum atomic E-state index is 13.2. The van der Waals surface area contributed by atoms with E-state index in [1.165, 1.54) is 4.68 Å². The van der Waals surface area contributed by atoms with E-state index in [1.807, 2.05) is 0 Å². The zero-order valence-corrected chi connectivity index (χ0v) is 18.3. The third-order valence-corrected chi connectivity index (χ3v) is 5.68. The van der Waals surface area contributed by atoms with Gasteiger partial charge in [-0.1, -0.05) is 34.5 Å². The zero-order valence-electron chi connectivity index (χ0n) is 16.8. The van der Waals surface area contributed by atoms with E-state index in [1.54, 1.807) is 53.2 Å². The highest BCUT2D eigenvalue weighted by Gasteiger charge is 2.29. The van der Waals surface area contributed by atoms with Crippen molar-refractivity contribution in [3.63, 3.8) is 0 Å². The zero-order chi connectivity index (χ0) is 22.2. The molecule has 0 atom stereocenters. The van der Waals surface area contributed by atoms with Gasteiger partial charge in [0.15, 0.2) is 0 Å². The molecule has 2 aromatic carbocycles. The van der Waals surface area contributed by atoms with Crippen LogP contribution in [0.1, 0.15) is 30.3 Å². The Kier molecular flexibility index (Phi) is 5.40. The van der Waals surface area contributed by atoms with E-state index < -0.39 is 0 Å². The fourth-order valence-corrected chi connectivity index (χ4v) is 3.94. The third kappa shape index (κ3) is 4.37. The van der Waals surface area contributed by atoms with E-state index in [-0.39, 0.29) is 30.5 Å². The van der Waals surface area contributed by atoms with Gasteiger partial charge in [0, 0.05) is 21.7 Å². The van der Waals surface area contributed by atoms with Crippen molar-refractivity contribution >= 4 is 45.7 Å². The van der Waals surface area contributed by atoms with Gasteiger partial charge in [-0.05, 0) is 49.2 Å². The van der Waals surface area contributed by atoms with Crippen LogP contribution in [0.3, 0.4) is 0 Å². The molecule has 0 bridgehead atoms. The lowest BCUT2D eigenvalue weighted by atomic mass is 10.2. The lowest BCUT2D eigenvalue weighted by molar-refractivity contribution is -0.116. The highest BCUT2D eigenvalue weighted by atomic mass is 35.5. The van der Waals surface area contributed by atoms with Crippen LogP contribution in [-0.2, 0) is 17.9 Å². The molecule has 32 heavy (non-hydrogen) atoms. The molecule has 2 aromatic heterocycles. The van der Waals surface area contributed by atoms with E-state index >= 15 is 0 Å². The molecule has 0 unspecified atom stereocenters. The molecule has 1 aliphatic rings. The summed E-state index contributed by atoms with van der Waals surface area (Å²) in [6.45, 7) is 0.200. The maximum Gasteiger partial charge on any atom is 0.261 e. The first-order valence-electron chi connectivity index (χ1n) is 10.1. The van der Waals surface area contributed by atoms with Crippen LogP contribution in [0, 0.1) is 0 Å². The van der Waals surface area contributed by atoms with Crippen LogP contribution in [-0.4, -0.2) is 30.5 Å². The highest BCUT2D eigenvalue weighted by Crippen LogP contribution is 2.39. The molecular weight excluding hydrogens is 451 g/mol. The summed E-state index contributed by atoms with van der Waals surface area (Å²) in [7, 11) is 0. The number of carbonyl (C=O) groups excluding carboxylic acids is 1. The second-order valence-electron chi connectivity index (χ2n) is 7.76. The summed E-state index contributed by atoms with van der Waals surface area (Å²) in [5.41, 5.74) is 1.64. The first-order valence-corrected chi connectivity index (χ1v) is 10.9. The molecule has 1 N–H and O–H groups in total. The summed E-state index contributed by atoms with van der Waals surface area (Å²) in [4.78, 5) is 30.2. The second kappa shape index (κ2) is 8.37. The summed E-state index contributed by atoms with van der Waals surface area (Å²) in [5.74, 6) is 0.751. The van der Waals surface area contributed by atoms with E-state index in [0.717, 1.165) is 18.7 Å². The Morgan fingerprint density at radius 1 is 1.12 bits per heavy atom. The molecule has 1 amide bonds. The number of rotatable bonds is 6. The summed E-state index contributed by atoms with van der Waals surface area (Å²) in [6.07, 6.45) is 3.66. The second-order valence-corrected chi connectivity index (χ2v) is 8.64. The van der Waals surface area contributed by atoms with Crippen LogP contribution >= 0.6 is 23.2 Å². The summed E-state index contributed by atoms with van der Waals surface area (Å²) >= 11 is 12.0. The van der Waals surface area contributed by atoms with E-state index in [0.29, 0.717) is 32.3 Å². The Balaban J connectivity index is 1.37. The summed E-state index contributed by atoms with van der Waals surface area (Å²) in [6, 6.07) is 12.0. The lowest BCUT2D eigenvalue weighted by Gasteiger charge is -2.12. The normalized spacial score (nSPS) is 13.4. The number of nitrogens with one attached hydrogen (secondary N) is 1. The fraction of sp³-hybridized carbons (Fsp3) is 0.227. The van der Waals surface area contributed by atoms with Gasteiger partial charge in [-0.3, -0.25) is 14.2 Å². The smallest absolute Gasteiger partial charge is 0.261 e. The number of hydrogen-bond acceptors (Lipinski definition) is 5. The first kappa shape index (κ1) is 20.7. The topological polar surface area (TPSA) is 94.7 Å². The Bertz CT molecular complexity index is 1390. The quantitative estimate of drug-likeness (QED) is 0.463. The molecule has 0 aliphatic heterocycles. The number of nitrogens with zero attached hydrogens (tertiary/aromatic N) is 5. The molecule has 1 fully saturated rings. The predicted octanol–water partition coefficient (Wildman–Crippen LogP) is 3.86. The number of hydrogen-bond donors (Lipinski definition) is 1. The van der Waals surface area contributed by atoms with Gasteiger partial charge in [-0.25, -0.2) is 9.67 Å². The van der Waals surface area contributed by atoms with Crippen molar-refractivity contribution in [2.75, 3.05) is 5.32 Å². The summed E-state index contributed by atoms with van der Waals surface area (Å²) in [5, 5.41) is 12.4. The minimum absolute atomic E-state index is 0.0184. The van der Waals surface area contributed by atoms with Gasteiger partial charge >= 0.3 is 0 Å². The van der Waals surface area contributed by atoms with Crippen molar-refractivity contribution in [3.05, 3.63) is 80.6 Å². The largest absolute Gasteiger partial charge is 0.324 e. The van der Waals surface area contributed by atoms with Crippen LogP contribution in [0.15, 0.2) is 53.5 Å². The van der Waals surface area contributed by atoms with E-state index in [9.17, 15) is 9.59 Å². The molecule has 8 nitrogen and oxygen atoms in total. The fourth-order valence-electron chi connectivity index (χ4n) is 3.58. The van der Waals surface area contributed by atoms with Crippen molar-refractivity contribution in [3.8, 4) is 0 Å². The predicted molar refractivity (Wildman–Crippen MR) is 122 cm³/mol. The summed E-state index contributed by atoms with van der Waals surface area (Å²) < 4.78 is 3.07. The minimum Gasteiger partial charge on any atom is -0.324 e. The molecule has 4 aromatic rings. The molecular formula is C22H18Cl2N6O2. The molecule has 1 saturated carbocycles. The molecule has 0 spiro atoms. The average molecular weight is 469 g/mol. The molecule has 2 heterocycles. The number of amides is 1. The maximum absolute atomic E-state index is 13.2. The number of aromatic nitrogens is 5. The van der Waals surface area contributed by atoms with Crippen LogP contribution < -0.4 is 10.9 Å². The van der Waals surface area contributed by atoms with Crippen molar-refractivity contribution in [2.24, 2.45) is 0 Å². The third-order valence-electron chi connectivity index (χ3n) is 5.21. The van der Waals surface area contributed by atoms with Crippen molar-refractivity contribution in [1.82, 2.24) is 24.5 Å². The number of carbonyl (C=O) groups is 1. The molecule has 0 radical (unpaired) electrons. The standard InChI is InChI=1S/C22H18Cl2N6O2/c23-14-2-1-3-16(8-14)25-20(31)12-29-10-17(27-28-29)11-30-21(13-4-5-13)26-19-7-6-15(24)9-18(19)22(30)32/h1-3,6-10,13H,4-5,11-12H2,(H,25,31). The number of fused-ring (bicyclic) bond motifs is 1. The van der Waals surface area contributed by atoms with Gasteiger partial charge in [0.1, 0.15) is 18.1 Å². The molecule has 162 valence electrons. The lowest BCUT2D eigenvalue weighted by Crippen LogP contribution is -2.26. The van der Waals surface area contributed by atoms with Crippen molar-refractivity contribution in [1.29, 1.82) is 0 Å². The van der Waals surface area contributed by atoms with Crippen LogP contribution in [0.25, 0.3) is 10.9 Å². The van der Waals surface area contributed by atoms with Gasteiger partial charge in [0.05, 0.1) is 23.6 Å². The van der Waals surface area contributed by atoms with Gasteiger partial charge in [0.2, 0.25) is 5.91 Å². The Morgan fingerprint density at radius 2 is 1.94 bits per heavy atom. The molecule has 0 saturated heterocycles. The number of anilines is 1. The van der Waals surface area contributed by atoms with Gasteiger partial charge in [-0.2, -0.15) is 0 Å². The van der Waals surface area contributed by atoms with Gasteiger partial charge in [0.25, 0.3) is 5.56 Å². The van der Waals surface area contributed by atoms with E-state index in [2.05, 4.69) is 15.6 Å². The van der Waals surface area contributed by atoms with E-state index in [4.69, 9.17) is 28.2 Å². The van der Waals surface area contributed by atoms with Gasteiger partial charge in [-0.15, -0.1) is 5.10 Å². The SMILES string of the molecule is O=C(Cn1cc(Cn2c(C3CC3)nc3ccc(Cl)cc3c2=O)nn1)Nc1cccc(Cl)c1. The molecule has 5 rings (SSSR count). The molecule has 10 heteroatoms. The van der Waals surface area contributed by atoms with Crippen molar-refractivity contribution < 1.29 is 4.79 Å². The Morgan fingerprint density at radius 3 is 2.72 bits per heavy atom. The average Bonchev–Trinajstić information content (AvgIpc) is 3.51. The Labute approximate surface area is 192 Å². The van der Waals surface area contributed by atoms with Crippen LogP contribution in [0.2, 0.25) is 10.0 Å². The highest BCUT2D eigenvalue weighted by molar-refractivity contribution is 6.31.